The first kappa shape index (κ1) is 16.9. The van der Waals surface area contributed by atoms with Crippen LogP contribution >= 0.6 is 22.9 Å². The molecule has 0 fully saturated rings. The number of thiophene rings is 1. The highest BCUT2D eigenvalue weighted by atomic mass is 35.5. The zero-order valence-electron chi connectivity index (χ0n) is 11.1. The first-order valence-corrected chi connectivity index (χ1v) is 9.30. The zero-order valence-corrected chi connectivity index (χ0v) is 13.5. The van der Waals surface area contributed by atoms with Gasteiger partial charge in [-0.25, -0.2) is 13.1 Å². The molecule has 0 radical (unpaired) electrons. The van der Waals surface area contributed by atoms with E-state index in [0.29, 0.717) is 19.4 Å². The summed E-state index contributed by atoms with van der Waals surface area (Å²) in [5.74, 6) is 0.176. The Morgan fingerprint density at radius 3 is 2.68 bits per heavy atom. The molecule has 0 aromatic carbocycles. The molecule has 2 N–H and O–H groups in total. The van der Waals surface area contributed by atoms with Crippen molar-refractivity contribution >= 4 is 33.0 Å². The van der Waals surface area contributed by atoms with Crippen LogP contribution in [0.15, 0.2) is 12.1 Å². The molecular formula is C12H21ClN2O2S2. The number of hydrogen-bond donors (Lipinski definition) is 2. The summed E-state index contributed by atoms with van der Waals surface area (Å²) in [4.78, 5) is 1.09. The molecule has 4 nitrogen and oxygen atoms in total. The number of rotatable bonds is 10. The molecule has 1 aromatic heterocycles. The highest BCUT2D eigenvalue weighted by Gasteiger charge is 2.09. The van der Waals surface area contributed by atoms with E-state index in [1.165, 1.54) is 11.3 Å². The topological polar surface area (TPSA) is 58.2 Å². The van der Waals surface area contributed by atoms with Crippen molar-refractivity contribution in [3.63, 3.8) is 0 Å². The summed E-state index contributed by atoms with van der Waals surface area (Å²) in [6.07, 6.45) is 2.39. The Hall–Kier alpha value is -0.140. The average molecular weight is 325 g/mol. The molecule has 1 aromatic rings. The molecule has 7 heteroatoms. The van der Waals surface area contributed by atoms with Crippen LogP contribution in [-0.4, -0.2) is 33.8 Å². The number of halogens is 1. The molecule has 0 aliphatic heterocycles. The monoisotopic (exact) mass is 324 g/mol. The van der Waals surface area contributed by atoms with Crippen LogP contribution in [0.25, 0.3) is 0 Å². The zero-order chi connectivity index (χ0) is 14.1. The maximum Gasteiger partial charge on any atom is 0.211 e. The Labute approximate surface area is 124 Å². The minimum Gasteiger partial charge on any atom is -0.317 e. The predicted molar refractivity (Wildman–Crippen MR) is 82.6 cm³/mol. The minimum atomic E-state index is -3.15. The second-order valence-electron chi connectivity index (χ2n) is 4.27. The number of hydrogen-bond acceptors (Lipinski definition) is 4. The molecule has 1 rings (SSSR count). The van der Waals surface area contributed by atoms with Gasteiger partial charge in [-0.3, -0.25) is 0 Å². The molecule has 0 amide bonds. The molecule has 0 atom stereocenters. The maximum absolute atomic E-state index is 11.7. The SMILES string of the molecule is CCCNCCCS(=O)(=O)NCCc1ccc(Cl)s1. The van der Waals surface area contributed by atoms with Crippen LogP contribution < -0.4 is 10.0 Å². The fourth-order valence-corrected chi connectivity index (χ4v) is 3.75. The Bertz CT molecular complexity index is 460. The third-order valence-electron chi connectivity index (χ3n) is 2.52. The average Bonchev–Trinajstić information content (AvgIpc) is 2.74. The second-order valence-corrected chi connectivity index (χ2v) is 8.00. The summed E-state index contributed by atoms with van der Waals surface area (Å²) >= 11 is 7.30. The second kappa shape index (κ2) is 8.92. The Morgan fingerprint density at radius 1 is 1.26 bits per heavy atom. The molecule has 0 saturated heterocycles. The molecule has 0 saturated carbocycles. The van der Waals surface area contributed by atoms with Crippen LogP contribution in [0, 0.1) is 0 Å². The summed E-state index contributed by atoms with van der Waals surface area (Å²) < 4.78 is 26.7. The van der Waals surface area contributed by atoms with Gasteiger partial charge in [-0.1, -0.05) is 18.5 Å². The van der Waals surface area contributed by atoms with Crippen molar-refractivity contribution in [1.82, 2.24) is 10.0 Å². The molecule has 0 bridgehead atoms. The van der Waals surface area contributed by atoms with Crippen LogP contribution in [0.4, 0.5) is 0 Å². The minimum absolute atomic E-state index is 0.176. The summed E-state index contributed by atoms with van der Waals surface area (Å²) in [7, 11) is -3.15. The molecule has 0 aliphatic carbocycles. The standard InChI is InChI=1S/C12H21ClN2O2S2/c1-2-7-14-8-3-10-19(16,17)15-9-6-11-4-5-12(13)18-11/h4-5,14-15H,2-3,6-10H2,1H3. The van der Waals surface area contributed by atoms with Gasteiger partial charge >= 0.3 is 0 Å². The lowest BCUT2D eigenvalue weighted by atomic mass is 10.3. The van der Waals surface area contributed by atoms with Crippen molar-refractivity contribution in [3.8, 4) is 0 Å². The van der Waals surface area contributed by atoms with E-state index in [1.807, 2.05) is 12.1 Å². The van der Waals surface area contributed by atoms with Crippen molar-refractivity contribution in [1.29, 1.82) is 0 Å². The Kier molecular flexibility index (Phi) is 7.94. The van der Waals surface area contributed by atoms with Gasteiger partial charge in [0.1, 0.15) is 0 Å². The lowest BCUT2D eigenvalue weighted by molar-refractivity contribution is 0.575. The van der Waals surface area contributed by atoms with Crippen molar-refractivity contribution < 1.29 is 8.42 Å². The summed E-state index contributed by atoms with van der Waals surface area (Å²) in [6.45, 7) is 4.20. The fraction of sp³-hybridized carbons (Fsp3) is 0.667. The molecule has 0 unspecified atom stereocenters. The predicted octanol–water partition coefficient (Wildman–Crippen LogP) is 2.25. The number of nitrogens with one attached hydrogen (secondary N) is 2. The van der Waals surface area contributed by atoms with Crippen molar-refractivity contribution in [2.45, 2.75) is 26.2 Å². The highest BCUT2D eigenvalue weighted by Crippen LogP contribution is 2.21. The third kappa shape index (κ3) is 7.89. The first-order valence-electron chi connectivity index (χ1n) is 6.46. The van der Waals surface area contributed by atoms with Gasteiger partial charge in [0.05, 0.1) is 10.1 Å². The lowest BCUT2D eigenvalue weighted by Crippen LogP contribution is -2.30. The van der Waals surface area contributed by atoms with Crippen LogP contribution in [-0.2, 0) is 16.4 Å². The number of sulfonamides is 1. The van der Waals surface area contributed by atoms with Crippen molar-refractivity contribution in [3.05, 3.63) is 21.3 Å². The molecule has 1 heterocycles. The molecule has 0 spiro atoms. The van der Waals surface area contributed by atoms with Crippen LogP contribution in [0.1, 0.15) is 24.6 Å². The Balaban J connectivity index is 2.16. The lowest BCUT2D eigenvalue weighted by Gasteiger charge is -2.06. The summed E-state index contributed by atoms with van der Waals surface area (Å²) in [5.41, 5.74) is 0. The summed E-state index contributed by atoms with van der Waals surface area (Å²) in [6, 6.07) is 3.76. The van der Waals surface area contributed by atoms with E-state index >= 15 is 0 Å². The third-order valence-corrected chi connectivity index (χ3v) is 5.28. The van der Waals surface area contributed by atoms with E-state index in [-0.39, 0.29) is 5.75 Å². The van der Waals surface area contributed by atoms with E-state index in [2.05, 4.69) is 17.0 Å². The first-order chi connectivity index (χ1) is 9.03. The smallest absolute Gasteiger partial charge is 0.211 e. The van der Waals surface area contributed by atoms with Gasteiger partial charge < -0.3 is 5.32 Å². The molecule has 19 heavy (non-hydrogen) atoms. The highest BCUT2D eigenvalue weighted by molar-refractivity contribution is 7.89. The van der Waals surface area contributed by atoms with Gasteiger partial charge in [0.2, 0.25) is 10.0 Å². The quantitative estimate of drug-likeness (QED) is 0.649. The van der Waals surface area contributed by atoms with E-state index in [9.17, 15) is 8.42 Å². The molecule has 110 valence electrons. The van der Waals surface area contributed by atoms with Gasteiger partial charge in [0.25, 0.3) is 0 Å². The fourth-order valence-electron chi connectivity index (χ4n) is 1.58. The van der Waals surface area contributed by atoms with Crippen LogP contribution in [0.5, 0.6) is 0 Å². The van der Waals surface area contributed by atoms with E-state index < -0.39 is 10.0 Å². The van der Waals surface area contributed by atoms with Crippen molar-refractivity contribution in [2.24, 2.45) is 0 Å². The normalized spacial score (nSPS) is 11.9. The van der Waals surface area contributed by atoms with Gasteiger partial charge in [-0.2, -0.15) is 0 Å². The maximum atomic E-state index is 11.7. The Morgan fingerprint density at radius 2 is 2.05 bits per heavy atom. The van der Waals surface area contributed by atoms with Gasteiger partial charge in [0.15, 0.2) is 0 Å². The van der Waals surface area contributed by atoms with Crippen LogP contribution in [0.3, 0.4) is 0 Å². The molecular weight excluding hydrogens is 304 g/mol. The largest absolute Gasteiger partial charge is 0.317 e. The van der Waals surface area contributed by atoms with Gasteiger partial charge in [-0.05, 0) is 44.5 Å². The van der Waals surface area contributed by atoms with Gasteiger partial charge in [0, 0.05) is 11.4 Å². The van der Waals surface area contributed by atoms with E-state index in [1.54, 1.807) is 0 Å². The van der Waals surface area contributed by atoms with Crippen molar-refractivity contribution in [2.75, 3.05) is 25.4 Å². The van der Waals surface area contributed by atoms with Gasteiger partial charge in [-0.15, -0.1) is 11.3 Å². The van der Waals surface area contributed by atoms with E-state index in [0.717, 1.165) is 28.7 Å². The van der Waals surface area contributed by atoms with E-state index in [4.69, 9.17) is 11.6 Å². The molecule has 0 aliphatic rings. The summed E-state index contributed by atoms with van der Waals surface area (Å²) in [5, 5.41) is 3.19. The van der Waals surface area contributed by atoms with Crippen LogP contribution in [0.2, 0.25) is 4.34 Å².